The summed E-state index contributed by atoms with van der Waals surface area (Å²) >= 11 is 8.73. The van der Waals surface area contributed by atoms with Crippen LogP contribution in [0.25, 0.3) is 0 Å². The number of anilines is 2. The molecule has 3 nitrogen and oxygen atoms in total. The molecule has 16 heavy (non-hydrogen) atoms. The van der Waals surface area contributed by atoms with E-state index in [1.165, 1.54) is 0 Å². The topological polar surface area (TPSA) is 29.0 Å². The van der Waals surface area contributed by atoms with Crippen LogP contribution >= 0.6 is 25.3 Å². The molecule has 0 spiro atoms. The molecule has 0 aliphatic carbocycles. The fourth-order valence-corrected chi connectivity index (χ4v) is 1.96. The standard InChI is InChI=1S/C11H11N3S2/c15-11(16)14(9-1-5-12-6-2-9)10-3-7-13-8-4-10/h1-8,11,15-16H. The van der Waals surface area contributed by atoms with Gasteiger partial charge in [-0.2, -0.15) is 0 Å². The van der Waals surface area contributed by atoms with Crippen LogP contribution in [-0.2, 0) is 0 Å². The number of pyridine rings is 2. The molecule has 0 N–H and O–H groups in total. The van der Waals surface area contributed by atoms with Gasteiger partial charge in [-0.05, 0) is 24.3 Å². The van der Waals surface area contributed by atoms with Gasteiger partial charge < -0.3 is 4.90 Å². The van der Waals surface area contributed by atoms with Crippen LogP contribution in [0.2, 0.25) is 0 Å². The van der Waals surface area contributed by atoms with Gasteiger partial charge in [-0.15, -0.1) is 25.3 Å². The maximum absolute atomic E-state index is 4.37. The Kier molecular flexibility index (Phi) is 3.69. The highest BCUT2D eigenvalue weighted by Gasteiger charge is 2.13. The summed E-state index contributed by atoms with van der Waals surface area (Å²) in [4.78, 5) is 9.97. The third-order valence-electron chi connectivity index (χ3n) is 2.11. The van der Waals surface area contributed by atoms with Crippen molar-refractivity contribution in [1.82, 2.24) is 9.97 Å². The highest BCUT2D eigenvalue weighted by Crippen LogP contribution is 2.29. The van der Waals surface area contributed by atoms with Gasteiger partial charge in [0.1, 0.15) is 4.71 Å². The Morgan fingerprint density at radius 1 is 0.812 bits per heavy atom. The lowest BCUT2D eigenvalue weighted by Gasteiger charge is -2.27. The van der Waals surface area contributed by atoms with Gasteiger partial charge in [0.25, 0.3) is 0 Å². The van der Waals surface area contributed by atoms with Crippen molar-refractivity contribution < 1.29 is 0 Å². The summed E-state index contributed by atoms with van der Waals surface area (Å²) in [6.07, 6.45) is 6.97. The number of hydrogen-bond acceptors (Lipinski definition) is 5. The molecule has 0 aliphatic heterocycles. The molecule has 0 saturated carbocycles. The van der Waals surface area contributed by atoms with Crippen LogP contribution in [0.4, 0.5) is 11.4 Å². The Morgan fingerprint density at radius 3 is 1.50 bits per heavy atom. The zero-order valence-electron chi connectivity index (χ0n) is 8.43. The molecule has 0 fully saturated rings. The van der Waals surface area contributed by atoms with Crippen molar-refractivity contribution in [2.24, 2.45) is 0 Å². The molecule has 0 radical (unpaired) electrons. The number of thiol groups is 2. The van der Waals surface area contributed by atoms with Crippen LogP contribution in [0, 0.1) is 0 Å². The van der Waals surface area contributed by atoms with Crippen molar-refractivity contribution in [3.63, 3.8) is 0 Å². The van der Waals surface area contributed by atoms with Crippen molar-refractivity contribution in [3.05, 3.63) is 49.1 Å². The number of rotatable bonds is 3. The van der Waals surface area contributed by atoms with E-state index in [1.807, 2.05) is 29.2 Å². The molecule has 2 aromatic rings. The molecule has 82 valence electrons. The van der Waals surface area contributed by atoms with Gasteiger partial charge in [0, 0.05) is 36.2 Å². The normalized spacial score (nSPS) is 10.4. The first-order valence-electron chi connectivity index (χ1n) is 4.74. The van der Waals surface area contributed by atoms with Crippen LogP contribution < -0.4 is 4.90 Å². The maximum Gasteiger partial charge on any atom is 0.121 e. The van der Waals surface area contributed by atoms with E-state index in [4.69, 9.17) is 0 Å². The Hall–Kier alpha value is -1.20. The van der Waals surface area contributed by atoms with Gasteiger partial charge in [0.05, 0.1) is 0 Å². The van der Waals surface area contributed by atoms with E-state index in [9.17, 15) is 0 Å². The molecule has 0 bridgehead atoms. The molecule has 0 amide bonds. The molecule has 2 rings (SSSR count). The second kappa shape index (κ2) is 5.23. The molecule has 0 aliphatic rings. The molecular formula is C11H11N3S2. The highest BCUT2D eigenvalue weighted by atomic mass is 32.2. The van der Waals surface area contributed by atoms with E-state index in [-0.39, 0.29) is 4.71 Å². The molecule has 5 heteroatoms. The van der Waals surface area contributed by atoms with E-state index < -0.39 is 0 Å². The van der Waals surface area contributed by atoms with E-state index in [0.29, 0.717) is 0 Å². The van der Waals surface area contributed by atoms with Gasteiger partial charge in [0.15, 0.2) is 0 Å². The van der Waals surface area contributed by atoms with Crippen molar-refractivity contribution in [2.45, 2.75) is 4.71 Å². The molecule has 0 aromatic carbocycles. The van der Waals surface area contributed by atoms with Crippen molar-refractivity contribution >= 4 is 36.6 Å². The molecule has 0 saturated heterocycles. The van der Waals surface area contributed by atoms with Gasteiger partial charge in [-0.1, -0.05) is 0 Å². The SMILES string of the molecule is SC(S)N(c1ccncc1)c1ccncc1. The van der Waals surface area contributed by atoms with E-state index in [0.717, 1.165) is 11.4 Å². The smallest absolute Gasteiger partial charge is 0.121 e. The summed E-state index contributed by atoms with van der Waals surface area (Å²) < 4.78 is -0.218. The summed E-state index contributed by atoms with van der Waals surface area (Å²) in [5.41, 5.74) is 1.99. The Balaban J connectivity index is 2.40. The predicted molar refractivity (Wildman–Crippen MR) is 72.4 cm³/mol. The van der Waals surface area contributed by atoms with Gasteiger partial charge in [0.2, 0.25) is 0 Å². The fraction of sp³-hybridized carbons (Fsp3) is 0.0909. The van der Waals surface area contributed by atoms with Crippen molar-refractivity contribution in [1.29, 1.82) is 0 Å². The number of aromatic nitrogens is 2. The van der Waals surface area contributed by atoms with Crippen LogP contribution in [0.15, 0.2) is 49.1 Å². The minimum Gasteiger partial charge on any atom is -0.320 e. The summed E-state index contributed by atoms with van der Waals surface area (Å²) in [6.45, 7) is 0. The first-order valence-corrected chi connectivity index (χ1v) is 5.78. The fourth-order valence-electron chi connectivity index (χ4n) is 1.43. The molecule has 2 heterocycles. The molecule has 2 aromatic heterocycles. The third-order valence-corrected chi connectivity index (χ3v) is 2.57. The molecule has 0 unspecified atom stereocenters. The van der Waals surface area contributed by atoms with Crippen molar-refractivity contribution in [2.75, 3.05) is 4.90 Å². The second-order valence-corrected chi connectivity index (χ2v) is 4.51. The average Bonchev–Trinajstić information content (AvgIpc) is 2.31. The second-order valence-electron chi connectivity index (χ2n) is 3.13. The van der Waals surface area contributed by atoms with Crippen LogP contribution in [0.3, 0.4) is 0 Å². The van der Waals surface area contributed by atoms with Gasteiger partial charge in [-0.25, -0.2) is 0 Å². The summed E-state index contributed by atoms with van der Waals surface area (Å²) in [6, 6.07) is 7.67. The van der Waals surface area contributed by atoms with E-state index in [1.54, 1.807) is 24.8 Å². The quantitative estimate of drug-likeness (QED) is 0.647. The predicted octanol–water partition coefficient (Wildman–Crippen LogP) is 2.76. The number of nitrogens with zero attached hydrogens (tertiary/aromatic N) is 3. The summed E-state index contributed by atoms with van der Waals surface area (Å²) in [5.74, 6) is 0. The zero-order valence-corrected chi connectivity index (χ0v) is 10.2. The lowest BCUT2D eigenvalue weighted by atomic mass is 10.3. The average molecular weight is 249 g/mol. The van der Waals surface area contributed by atoms with Gasteiger partial charge >= 0.3 is 0 Å². The first kappa shape index (κ1) is 11.3. The summed E-state index contributed by atoms with van der Waals surface area (Å²) in [7, 11) is 0. The number of hydrogen-bond donors (Lipinski definition) is 2. The van der Waals surface area contributed by atoms with Crippen LogP contribution in [0.5, 0.6) is 0 Å². The first-order chi connectivity index (χ1) is 7.79. The molecule has 0 atom stereocenters. The minimum atomic E-state index is -0.218. The third kappa shape index (κ3) is 2.48. The zero-order chi connectivity index (χ0) is 11.4. The largest absolute Gasteiger partial charge is 0.320 e. The van der Waals surface area contributed by atoms with Gasteiger partial charge in [-0.3, -0.25) is 9.97 Å². The summed E-state index contributed by atoms with van der Waals surface area (Å²) in [5, 5.41) is 0. The van der Waals surface area contributed by atoms with E-state index in [2.05, 4.69) is 35.2 Å². The van der Waals surface area contributed by atoms with Crippen molar-refractivity contribution in [3.8, 4) is 0 Å². The Labute approximate surface area is 105 Å². The minimum absolute atomic E-state index is 0.218. The monoisotopic (exact) mass is 249 g/mol. The lowest BCUT2D eigenvalue weighted by Crippen LogP contribution is -2.21. The lowest BCUT2D eigenvalue weighted by molar-refractivity contribution is 1.11. The Morgan fingerprint density at radius 2 is 1.19 bits per heavy atom. The van der Waals surface area contributed by atoms with Crippen LogP contribution in [-0.4, -0.2) is 14.7 Å². The Bertz CT molecular complexity index is 394. The highest BCUT2D eigenvalue weighted by molar-refractivity contribution is 7.99. The van der Waals surface area contributed by atoms with E-state index >= 15 is 0 Å². The molecular weight excluding hydrogens is 238 g/mol. The maximum atomic E-state index is 4.37. The van der Waals surface area contributed by atoms with Crippen LogP contribution in [0.1, 0.15) is 0 Å².